The summed E-state index contributed by atoms with van der Waals surface area (Å²) in [6, 6.07) is 11.5. The first-order valence-electron chi connectivity index (χ1n) is 5.12. The van der Waals surface area contributed by atoms with Crippen LogP contribution < -0.4 is 0 Å². The number of nitro benzene ring substituents is 1. The van der Waals surface area contributed by atoms with Gasteiger partial charge in [-0.3, -0.25) is 10.1 Å². The summed E-state index contributed by atoms with van der Waals surface area (Å²) in [5.74, 6) is 0.159. The Labute approximate surface area is 98.3 Å². The van der Waals surface area contributed by atoms with E-state index in [0.29, 0.717) is 0 Å². The van der Waals surface area contributed by atoms with E-state index in [1.807, 2.05) is 13.0 Å². The smallest absolute Gasteiger partial charge is 0.270 e. The Morgan fingerprint density at radius 1 is 1.12 bits per heavy atom. The predicted molar refractivity (Wildman–Crippen MR) is 64.9 cm³/mol. The maximum Gasteiger partial charge on any atom is 0.270 e. The summed E-state index contributed by atoms with van der Waals surface area (Å²) in [4.78, 5) is 10.2. The normalized spacial score (nSPS) is 10.2. The summed E-state index contributed by atoms with van der Waals surface area (Å²) in [5.41, 5.74) is 2.44. The van der Waals surface area contributed by atoms with Crippen LogP contribution in [0.3, 0.4) is 0 Å². The number of nitrogens with zero attached hydrogens (tertiary/aromatic N) is 1. The van der Waals surface area contributed by atoms with Crippen molar-refractivity contribution in [3.63, 3.8) is 0 Å². The fourth-order valence-electron chi connectivity index (χ4n) is 1.73. The maximum atomic E-state index is 10.7. The Bertz CT molecular complexity index is 558. The molecular weight excluding hydrogens is 218 g/mol. The van der Waals surface area contributed by atoms with Crippen molar-refractivity contribution in [2.24, 2.45) is 0 Å². The van der Waals surface area contributed by atoms with E-state index in [2.05, 4.69) is 0 Å². The Kier molecular flexibility index (Phi) is 2.78. The van der Waals surface area contributed by atoms with Crippen LogP contribution in [0.5, 0.6) is 5.75 Å². The number of phenols is 1. The second-order valence-corrected chi connectivity index (χ2v) is 3.86. The van der Waals surface area contributed by atoms with Crippen molar-refractivity contribution >= 4 is 5.69 Å². The average molecular weight is 229 g/mol. The highest BCUT2D eigenvalue weighted by Gasteiger charge is 2.07. The third kappa shape index (κ3) is 2.42. The molecule has 17 heavy (non-hydrogen) atoms. The van der Waals surface area contributed by atoms with Crippen LogP contribution in [0.2, 0.25) is 0 Å². The Morgan fingerprint density at radius 2 is 1.88 bits per heavy atom. The summed E-state index contributed by atoms with van der Waals surface area (Å²) in [7, 11) is 0. The lowest BCUT2D eigenvalue weighted by Gasteiger charge is -2.04. The second-order valence-electron chi connectivity index (χ2n) is 3.86. The van der Waals surface area contributed by atoms with Crippen molar-refractivity contribution in [2.75, 3.05) is 0 Å². The molecule has 2 aromatic rings. The van der Waals surface area contributed by atoms with Crippen LogP contribution in [0.4, 0.5) is 5.69 Å². The molecule has 0 atom stereocenters. The van der Waals surface area contributed by atoms with E-state index < -0.39 is 4.92 Å². The summed E-state index contributed by atoms with van der Waals surface area (Å²) >= 11 is 0. The van der Waals surface area contributed by atoms with Gasteiger partial charge in [0.25, 0.3) is 5.69 Å². The van der Waals surface area contributed by atoms with E-state index >= 15 is 0 Å². The molecule has 0 saturated carbocycles. The number of rotatable bonds is 2. The molecule has 0 aliphatic rings. The van der Waals surface area contributed by atoms with Crippen LogP contribution in [0, 0.1) is 17.0 Å². The van der Waals surface area contributed by atoms with Crippen LogP contribution in [0.1, 0.15) is 5.56 Å². The van der Waals surface area contributed by atoms with Crippen molar-refractivity contribution < 1.29 is 10.0 Å². The first kappa shape index (κ1) is 11.1. The quantitative estimate of drug-likeness (QED) is 0.634. The summed E-state index contributed by atoms with van der Waals surface area (Å²) in [6.07, 6.45) is 0. The maximum absolute atomic E-state index is 10.7. The molecule has 0 saturated heterocycles. The number of hydrogen-bond donors (Lipinski definition) is 1. The highest BCUT2D eigenvalue weighted by Crippen LogP contribution is 2.27. The molecule has 0 aliphatic carbocycles. The third-order valence-corrected chi connectivity index (χ3v) is 2.45. The van der Waals surface area contributed by atoms with Crippen LogP contribution in [-0.2, 0) is 0 Å². The van der Waals surface area contributed by atoms with Gasteiger partial charge in [0.05, 0.1) is 4.92 Å². The molecule has 4 nitrogen and oxygen atoms in total. The van der Waals surface area contributed by atoms with Gasteiger partial charge in [-0.2, -0.15) is 0 Å². The molecule has 4 heteroatoms. The SMILES string of the molecule is Cc1cc(O)cc(-c2cccc([N+](=O)[O-])c2)c1. The van der Waals surface area contributed by atoms with Crippen LogP contribution in [0.25, 0.3) is 11.1 Å². The first-order valence-corrected chi connectivity index (χ1v) is 5.12. The minimum Gasteiger partial charge on any atom is -0.508 e. The van der Waals surface area contributed by atoms with Crippen LogP contribution >= 0.6 is 0 Å². The Hall–Kier alpha value is -2.36. The van der Waals surface area contributed by atoms with Crippen molar-refractivity contribution in [2.45, 2.75) is 6.92 Å². The highest BCUT2D eigenvalue weighted by molar-refractivity contribution is 5.68. The summed E-state index contributed by atoms with van der Waals surface area (Å²) < 4.78 is 0. The van der Waals surface area contributed by atoms with Gasteiger partial charge in [-0.15, -0.1) is 0 Å². The van der Waals surface area contributed by atoms with Crippen molar-refractivity contribution in [3.8, 4) is 16.9 Å². The van der Waals surface area contributed by atoms with Gasteiger partial charge in [-0.1, -0.05) is 18.2 Å². The van der Waals surface area contributed by atoms with Gasteiger partial charge in [0, 0.05) is 12.1 Å². The molecule has 0 spiro atoms. The van der Waals surface area contributed by atoms with Gasteiger partial charge in [0.15, 0.2) is 0 Å². The molecule has 0 aromatic heterocycles. The molecule has 0 amide bonds. The van der Waals surface area contributed by atoms with Gasteiger partial charge in [0.2, 0.25) is 0 Å². The van der Waals surface area contributed by atoms with Crippen LogP contribution in [-0.4, -0.2) is 10.0 Å². The van der Waals surface area contributed by atoms with Gasteiger partial charge >= 0.3 is 0 Å². The predicted octanol–water partition coefficient (Wildman–Crippen LogP) is 3.28. The van der Waals surface area contributed by atoms with E-state index in [0.717, 1.165) is 16.7 Å². The van der Waals surface area contributed by atoms with Crippen molar-refractivity contribution in [3.05, 3.63) is 58.1 Å². The molecule has 2 rings (SSSR count). The van der Waals surface area contributed by atoms with E-state index in [1.54, 1.807) is 24.3 Å². The lowest BCUT2D eigenvalue weighted by molar-refractivity contribution is -0.384. The molecule has 86 valence electrons. The molecule has 0 heterocycles. The van der Waals surface area contributed by atoms with Gasteiger partial charge in [-0.25, -0.2) is 0 Å². The van der Waals surface area contributed by atoms with Gasteiger partial charge in [0.1, 0.15) is 5.75 Å². The Balaban J connectivity index is 2.52. The van der Waals surface area contributed by atoms with E-state index in [-0.39, 0.29) is 11.4 Å². The summed E-state index contributed by atoms with van der Waals surface area (Å²) in [6.45, 7) is 1.86. The second kappa shape index (κ2) is 4.25. The largest absolute Gasteiger partial charge is 0.508 e. The fourth-order valence-corrected chi connectivity index (χ4v) is 1.73. The zero-order valence-corrected chi connectivity index (χ0v) is 9.25. The zero-order valence-electron chi connectivity index (χ0n) is 9.25. The zero-order chi connectivity index (χ0) is 12.4. The number of nitro groups is 1. The standard InChI is InChI=1S/C13H11NO3/c1-9-5-11(8-13(15)6-9)10-3-2-4-12(7-10)14(16)17/h2-8,15H,1H3. The van der Waals surface area contributed by atoms with Gasteiger partial charge in [-0.05, 0) is 35.7 Å². The minimum absolute atomic E-state index is 0.0449. The Morgan fingerprint density at radius 3 is 2.53 bits per heavy atom. The molecule has 0 fully saturated rings. The number of phenolic OH excluding ortho intramolecular Hbond substituents is 1. The summed E-state index contributed by atoms with van der Waals surface area (Å²) in [5, 5.41) is 20.2. The van der Waals surface area contributed by atoms with Crippen molar-refractivity contribution in [1.29, 1.82) is 0 Å². The fraction of sp³-hybridized carbons (Fsp3) is 0.0769. The number of aryl methyl sites for hydroxylation is 1. The van der Waals surface area contributed by atoms with E-state index in [9.17, 15) is 15.2 Å². The third-order valence-electron chi connectivity index (χ3n) is 2.45. The number of non-ortho nitro benzene ring substituents is 1. The molecule has 2 aromatic carbocycles. The highest BCUT2D eigenvalue weighted by atomic mass is 16.6. The topological polar surface area (TPSA) is 63.4 Å². The van der Waals surface area contributed by atoms with Crippen molar-refractivity contribution in [1.82, 2.24) is 0 Å². The number of aromatic hydroxyl groups is 1. The van der Waals surface area contributed by atoms with E-state index in [4.69, 9.17) is 0 Å². The molecule has 0 radical (unpaired) electrons. The first-order chi connectivity index (χ1) is 8.06. The minimum atomic E-state index is -0.431. The molecule has 0 unspecified atom stereocenters. The van der Waals surface area contributed by atoms with Gasteiger partial charge < -0.3 is 5.11 Å². The van der Waals surface area contributed by atoms with E-state index in [1.165, 1.54) is 12.1 Å². The lowest BCUT2D eigenvalue weighted by atomic mass is 10.0. The molecule has 0 aliphatic heterocycles. The average Bonchev–Trinajstić information content (AvgIpc) is 2.28. The molecule has 0 bridgehead atoms. The molecular formula is C13H11NO3. The number of benzene rings is 2. The molecule has 1 N–H and O–H groups in total. The lowest BCUT2D eigenvalue weighted by Crippen LogP contribution is -1.88. The number of hydrogen-bond acceptors (Lipinski definition) is 3. The van der Waals surface area contributed by atoms with Crippen LogP contribution in [0.15, 0.2) is 42.5 Å². The monoisotopic (exact) mass is 229 g/mol.